The predicted octanol–water partition coefficient (Wildman–Crippen LogP) is 7.61. The van der Waals surface area contributed by atoms with Crippen LogP contribution in [0, 0.1) is 3.57 Å². The van der Waals surface area contributed by atoms with E-state index in [-0.39, 0.29) is 5.78 Å². The van der Waals surface area contributed by atoms with Crippen molar-refractivity contribution in [3.05, 3.63) is 34.1 Å². The third-order valence-corrected chi connectivity index (χ3v) is 5.42. The van der Waals surface area contributed by atoms with Gasteiger partial charge in [0.15, 0.2) is 11.6 Å². The fourth-order valence-electron chi connectivity index (χ4n) is 2.86. The Balaban J connectivity index is 2.05. The maximum absolute atomic E-state index is 12.2. The molecule has 4 heteroatoms. The van der Waals surface area contributed by atoms with Crippen molar-refractivity contribution in [2.45, 2.75) is 90.9 Å². The van der Waals surface area contributed by atoms with Crippen LogP contribution in [0.1, 0.15) is 90.9 Å². The first-order chi connectivity index (χ1) is 13.1. The maximum atomic E-state index is 12.2. The molecule has 0 radical (unpaired) electrons. The zero-order valence-corrected chi connectivity index (χ0v) is 19.2. The van der Waals surface area contributed by atoms with Gasteiger partial charge in [0.05, 0.1) is 9.28 Å². The molecule has 0 bridgehead atoms. The first-order valence-electron chi connectivity index (χ1n) is 10.5. The van der Waals surface area contributed by atoms with Crippen LogP contribution in [0.5, 0.6) is 0 Å². The van der Waals surface area contributed by atoms with Crippen LogP contribution in [0.4, 0.5) is 5.82 Å². The van der Waals surface area contributed by atoms with Crippen molar-refractivity contribution in [2.24, 2.45) is 4.99 Å². The molecule has 0 N–H and O–H groups in total. The Morgan fingerprint density at radius 2 is 1.67 bits per heavy atom. The molecule has 1 rings (SSSR count). The average molecular weight is 482 g/mol. The third kappa shape index (κ3) is 12.1. The summed E-state index contributed by atoms with van der Waals surface area (Å²) in [6.07, 6.45) is 20.6. The van der Waals surface area contributed by atoms with Crippen molar-refractivity contribution >= 4 is 39.9 Å². The Labute approximate surface area is 179 Å². The van der Waals surface area contributed by atoms with E-state index < -0.39 is 0 Å². The maximum Gasteiger partial charge on any atom is 0.176 e. The number of nitrogens with zero attached hydrogens (tertiary/aromatic N) is 2. The molecule has 0 aliphatic rings. The summed E-state index contributed by atoms with van der Waals surface area (Å²) in [6, 6.07) is 3.83. The summed E-state index contributed by atoms with van der Waals surface area (Å²) in [5.41, 5.74) is 0.565. The summed E-state index contributed by atoms with van der Waals surface area (Å²) in [5, 5.41) is 0. The van der Waals surface area contributed by atoms with Gasteiger partial charge >= 0.3 is 0 Å². The number of hydrogen-bond donors (Lipinski definition) is 0. The monoisotopic (exact) mass is 482 g/mol. The number of hydrogen-bond acceptors (Lipinski definition) is 3. The molecule has 0 aliphatic heterocycles. The fourth-order valence-corrected chi connectivity index (χ4v) is 3.33. The molecule has 0 aliphatic carbocycles. The van der Waals surface area contributed by atoms with Crippen LogP contribution >= 0.6 is 22.6 Å². The van der Waals surface area contributed by atoms with Gasteiger partial charge in [-0.1, -0.05) is 57.6 Å². The van der Waals surface area contributed by atoms with Gasteiger partial charge in [-0.2, -0.15) is 0 Å². The number of pyridine rings is 1. The number of aliphatic imine (C=N–C) groups is 1. The van der Waals surface area contributed by atoms with E-state index in [1.807, 2.05) is 12.1 Å². The van der Waals surface area contributed by atoms with Gasteiger partial charge in [0, 0.05) is 12.6 Å². The molecule has 0 atom stereocenters. The summed E-state index contributed by atoms with van der Waals surface area (Å²) < 4.78 is 0.970. The van der Waals surface area contributed by atoms with E-state index >= 15 is 0 Å². The molecule has 27 heavy (non-hydrogen) atoms. The van der Waals surface area contributed by atoms with Gasteiger partial charge in [-0.25, -0.2) is 9.98 Å². The summed E-state index contributed by atoms with van der Waals surface area (Å²) >= 11 is 2.19. The lowest BCUT2D eigenvalue weighted by atomic mass is 10.1. The Bertz CT molecular complexity index is 596. The van der Waals surface area contributed by atoms with Crippen LogP contribution in [0.2, 0.25) is 0 Å². The molecule has 150 valence electrons. The number of aromatic nitrogens is 1. The molecule has 0 spiro atoms. The Hall–Kier alpha value is -1.04. The van der Waals surface area contributed by atoms with Crippen molar-refractivity contribution in [1.82, 2.24) is 4.98 Å². The number of unbranched alkanes of at least 4 members (excludes halogenated alkanes) is 9. The number of carbonyl (C=O) groups is 1. The Morgan fingerprint density at radius 3 is 2.33 bits per heavy atom. The normalized spacial score (nSPS) is 12.0. The van der Waals surface area contributed by atoms with Gasteiger partial charge in [0.25, 0.3) is 0 Å². The first-order valence-corrected chi connectivity index (χ1v) is 11.6. The van der Waals surface area contributed by atoms with E-state index in [1.54, 1.807) is 13.1 Å². The Kier molecular flexibility index (Phi) is 14.2. The topological polar surface area (TPSA) is 42.3 Å². The van der Waals surface area contributed by atoms with Gasteiger partial charge in [-0.15, -0.1) is 0 Å². The van der Waals surface area contributed by atoms with E-state index in [9.17, 15) is 4.79 Å². The van der Waals surface area contributed by atoms with Crippen molar-refractivity contribution in [2.75, 3.05) is 0 Å². The second-order valence-electron chi connectivity index (χ2n) is 7.06. The highest BCUT2D eigenvalue weighted by Gasteiger charge is 2.07. The standard InChI is InChI=1S/C23H35IN2O/c1-3-4-5-6-7-8-9-10-11-12-13-14-15-18-22(27)20(2)26-23-21(24)17-16-19-25-23/h8-9,16-17,19H,3-7,10-15,18H2,1-2H3/b9-8-,26-20+. The first kappa shape index (κ1) is 24.0. The number of halogens is 1. The number of allylic oxidation sites excluding steroid dienone is 2. The highest BCUT2D eigenvalue weighted by molar-refractivity contribution is 14.1. The average Bonchev–Trinajstić information content (AvgIpc) is 2.67. The Morgan fingerprint density at radius 1 is 1.04 bits per heavy atom. The van der Waals surface area contributed by atoms with Crippen LogP contribution in [-0.4, -0.2) is 16.5 Å². The molecule has 0 unspecified atom stereocenters. The summed E-state index contributed by atoms with van der Waals surface area (Å²) in [6.45, 7) is 4.05. The van der Waals surface area contributed by atoms with Crippen LogP contribution in [0.3, 0.4) is 0 Å². The lowest BCUT2D eigenvalue weighted by Gasteiger charge is -2.02. The van der Waals surface area contributed by atoms with Gasteiger partial charge in [-0.05, 0) is 73.8 Å². The molecule has 0 saturated carbocycles. The lowest BCUT2D eigenvalue weighted by Crippen LogP contribution is -2.09. The van der Waals surface area contributed by atoms with E-state index in [2.05, 4.69) is 51.6 Å². The minimum Gasteiger partial charge on any atom is -0.293 e. The largest absolute Gasteiger partial charge is 0.293 e. The molecule has 3 nitrogen and oxygen atoms in total. The van der Waals surface area contributed by atoms with E-state index in [0.29, 0.717) is 18.0 Å². The SMILES string of the molecule is CCCCCC/C=C\CCCCCCCC(=O)/C(C)=N/c1ncccc1I. The third-order valence-electron chi connectivity index (χ3n) is 4.58. The summed E-state index contributed by atoms with van der Waals surface area (Å²) in [5.74, 6) is 0.782. The molecule has 0 fully saturated rings. The second kappa shape index (κ2) is 16.0. The van der Waals surface area contributed by atoms with Crippen molar-refractivity contribution in [3.8, 4) is 0 Å². The summed E-state index contributed by atoms with van der Waals surface area (Å²) in [7, 11) is 0. The molecule has 1 aromatic rings. The number of ketones is 1. The van der Waals surface area contributed by atoms with Crippen LogP contribution in [-0.2, 0) is 4.79 Å². The quantitative estimate of drug-likeness (QED) is 0.112. The fraction of sp³-hybridized carbons (Fsp3) is 0.609. The number of rotatable bonds is 15. The number of carbonyl (C=O) groups excluding carboxylic acids is 1. The molecule has 1 heterocycles. The van der Waals surface area contributed by atoms with E-state index in [4.69, 9.17) is 0 Å². The minimum absolute atomic E-state index is 0.141. The molecular weight excluding hydrogens is 447 g/mol. The minimum atomic E-state index is 0.141. The van der Waals surface area contributed by atoms with E-state index in [0.717, 1.165) is 16.4 Å². The van der Waals surface area contributed by atoms with Gasteiger partial charge < -0.3 is 0 Å². The lowest BCUT2D eigenvalue weighted by molar-refractivity contribution is -0.113. The highest BCUT2D eigenvalue weighted by atomic mass is 127. The summed E-state index contributed by atoms with van der Waals surface area (Å²) in [4.78, 5) is 20.8. The van der Waals surface area contributed by atoms with E-state index in [1.165, 1.54) is 57.8 Å². The second-order valence-corrected chi connectivity index (χ2v) is 8.22. The zero-order valence-electron chi connectivity index (χ0n) is 17.1. The van der Waals surface area contributed by atoms with Gasteiger partial charge in [0.1, 0.15) is 0 Å². The predicted molar refractivity (Wildman–Crippen MR) is 125 cm³/mol. The van der Waals surface area contributed by atoms with Crippen molar-refractivity contribution in [1.29, 1.82) is 0 Å². The molecule has 1 aromatic heterocycles. The molecular formula is C23H35IN2O. The molecule has 0 saturated heterocycles. The molecule has 0 amide bonds. The number of Topliss-reactive ketones (excluding diaryl/α,β-unsaturated/α-hetero) is 1. The van der Waals surface area contributed by atoms with Crippen molar-refractivity contribution < 1.29 is 4.79 Å². The van der Waals surface area contributed by atoms with Crippen molar-refractivity contribution in [3.63, 3.8) is 0 Å². The van der Waals surface area contributed by atoms with Crippen LogP contribution in [0.25, 0.3) is 0 Å². The van der Waals surface area contributed by atoms with Crippen LogP contribution < -0.4 is 0 Å². The molecule has 0 aromatic carbocycles. The van der Waals surface area contributed by atoms with Crippen LogP contribution in [0.15, 0.2) is 35.5 Å². The van der Waals surface area contributed by atoms with Gasteiger partial charge in [-0.3, -0.25) is 4.79 Å². The smallest absolute Gasteiger partial charge is 0.176 e. The highest BCUT2D eigenvalue weighted by Crippen LogP contribution is 2.18. The zero-order chi connectivity index (χ0) is 19.7. The van der Waals surface area contributed by atoms with Gasteiger partial charge in [0.2, 0.25) is 0 Å².